The molecule has 3 rings (SSSR count). The maximum atomic E-state index is 8.96. The minimum Gasteiger partial charge on any atom is -0.396 e. The van der Waals surface area contributed by atoms with Crippen LogP contribution in [0.25, 0.3) is 0 Å². The monoisotopic (exact) mass is 150 g/mol. The van der Waals surface area contributed by atoms with Gasteiger partial charge in [0.2, 0.25) is 0 Å². The van der Waals surface area contributed by atoms with Crippen LogP contribution in [0.1, 0.15) is 32.1 Å². The molecule has 0 unspecified atom stereocenters. The van der Waals surface area contributed by atoms with E-state index in [4.69, 9.17) is 5.11 Å². The zero-order chi connectivity index (χ0) is 7.74. The fourth-order valence-electron chi connectivity index (χ4n) is 4.15. The fraction of sp³-hybridized carbons (Fsp3) is 1.00. The molecule has 0 amide bonds. The van der Waals surface area contributed by atoms with Gasteiger partial charge >= 0.3 is 0 Å². The van der Waals surface area contributed by atoms with Crippen LogP contribution in [0.15, 0.2) is 0 Å². The summed E-state index contributed by atoms with van der Waals surface area (Å²) >= 11 is 0. The van der Waals surface area contributed by atoms with Crippen molar-refractivity contribution in [3.63, 3.8) is 0 Å². The van der Waals surface area contributed by atoms with Crippen molar-refractivity contribution in [2.75, 3.05) is 6.61 Å². The van der Waals surface area contributed by atoms with Gasteiger partial charge in [0.15, 0.2) is 0 Å². The Morgan fingerprint density at radius 2 is 1.55 bits per heavy atom. The Morgan fingerprint density at radius 3 is 1.82 bits per heavy atom. The number of rotatable bonds is 2. The second-order valence-corrected chi connectivity index (χ2v) is 4.97. The van der Waals surface area contributed by atoms with Crippen LogP contribution in [-0.2, 0) is 0 Å². The van der Waals surface area contributed by atoms with Gasteiger partial charge in [-0.3, -0.25) is 0 Å². The van der Waals surface area contributed by atoms with Gasteiger partial charge in [0, 0.05) is 6.61 Å². The van der Waals surface area contributed by atoms with Crippen molar-refractivity contribution in [3.8, 4) is 0 Å². The summed E-state index contributed by atoms with van der Waals surface area (Å²) in [5.41, 5.74) is 1.51. The largest absolute Gasteiger partial charge is 0.396 e. The van der Waals surface area contributed by atoms with E-state index in [-0.39, 0.29) is 0 Å². The molecule has 0 aromatic heterocycles. The lowest BCUT2D eigenvalue weighted by molar-refractivity contribution is 0.277. The third kappa shape index (κ3) is 0.424. The first-order chi connectivity index (χ1) is 5.22. The lowest BCUT2D eigenvalue weighted by Gasteiger charge is -2.07. The van der Waals surface area contributed by atoms with E-state index < -0.39 is 0 Å². The van der Waals surface area contributed by atoms with Gasteiger partial charge in [-0.05, 0) is 48.2 Å². The summed E-state index contributed by atoms with van der Waals surface area (Å²) in [5, 5.41) is 9.53. The molecule has 2 heteroatoms. The average molecular weight is 150 g/mol. The van der Waals surface area contributed by atoms with E-state index >= 15 is 0 Å². The van der Waals surface area contributed by atoms with Crippen molar-refractivity contribution < 1.29 is 5.11 Å². The van der Waals surface area contributed by atoms with Crippen molar-refractivity contribution in [1.29, 1.82) is 0 Å². The number of hydrogen-bond acceptors (Lipinski definition) is 1. The Morgan fingerprint density at radius 1 is 1.09 bits per heavy atom. The Labute approximate surface area is 68.6 Å². The van der Waals surface area contributed by atoms with Gasteiger partial charge in [-0.2, -0.15) is 0 Å². The van der Waals surface area contributed by atoms with E-state index in [0.29, 0.717) is 11.9 Å². The normalized spacial score (nSPS) is 46.3. The minimum atomic E-state index is 0.403. The van der Waals surface area contributed by atoms with E-state index in [1.807, 2.05) is 0 Å². The highest BCUT2D eigenvalue weighted by Gasteiger charge is 2.91. The zero-order valence-corrected chi connectivity index (χ0v) is 7.19. The highest BCUT2D eigenvalue weighted by atomic mass is 16.3. The van der Waals surface area contributed by atoms with Crippen LogP contribution in [-0.4, -0.2) is 19.6 Å². The summed E-state index contributed by atoms with van der Waals surface area (Å²) < 4.78 is 0. The van der Waals surface area contributed by atoms with Crippen LogP contribution < -0.4 is 0 Å². The van der Waals surface area contributed by atoms with Gasteiger partial charge in [-0.25, -0.2) is 0 Å². The first kappa shape index (κ1) is 6.53. The maximum Gasteiger partial charge on any atom is 0.111 e. The van der Waals surface area contributed by atoms with Crippen molar-refractivity contribution >= 4 is 7.85 Å². The molecule has 3 saturated carbocycles. The molecule has 1 N–H and O–H groups in total. The predicted octanol–water partition coefficient (Wildman–Crippen LogP) is 0.735. The van der Waals surface area contributed by atoms with Crippen LogP contribution in [0.2, 0.25) is 5.31 Å². The fourth-order valence-corrected chi connectivity index (χ4v) is 4.15. The van der Waals surface area contributed by atoms with Gasteiger partial charge in [-0.1, -0.05) is 0 Å². The third-order valence-corrected chi connectivity index (χ3v) is 5.08. The lowest BCUT2D eigenvalue weighted by atomic mass is 9.75. The molecule has 0 saturated heterocycles. The lowest BCUT2D eigenvalue weighted by Crippen LogP contribution is -2.00. The molecule has 0 radical (unpaired) electrons. The van der Waals surface area contributed by atoms with Crippen LogP contribution in [0, 0.1) is 10.8 Å². The molecule has 60 valence electrons. The first-order valence-electron chi connectivity index (χ1n) is 4.83. The first-order valence-corrected chi connectivity index (χ1v) is 4.83. The molecule has 3 aliphatic carbocycles. The highest BCUT2D eigenvalue weighted by Crippen LogP contribution is 3.02. The molecule has 0 aromatic carbocycles. The van der Waals surface area contributed by atoms with Gasteiger partial charge in [0.1, 0.15) is 7.85 Å². The maximum absolute atomic E-state index is 8.96. The average Bonchev–Trinajstić information content (AvgIpc) is 2.83. The molecule has 2 spiro atoms. The summed E-state index contributed by atoms with van der Waals surface area (Å²) in [6, 6.07) is 0. The zero-order valence-electron chi connectivity index (χ0n) is 7.19. The number of aliphatic hydroxyl groups excluding tert-OH is 1. The second-order valence-electron chi connectivity index (χ2n) is 4.97. The molecule has 11 heavy (non-hydrogen) atoms. The molecule has 0 heterocycles. The summed E-state index contributed by atoms with van der Waals surface area (Å²) in [6.07, 6.45) is 6.91. The number of fused-ring (bicyclic) bond motifs is 1. The molecule has 0 aliphatic heterocycles. The molecular weight excluding hydrogens is 135 g/mol. The molecule has 0 aromatic rings. The van der Waals surface area contributed by atoms with E-state index in [1.165, 1.54) is 25.7 Å². The quantitative estimate of drug-likeness (QED) is 0.575. The van der Waals surface area contributed by atoms with E-state index in [0.717, 1.165) is 17.3 Å². The SMILES string of the molecule is BC1(CCO)C2(CC2)C12CC2. The summed E-state index contributed by atoms with van der Waals surface area (Å²) in [6.45, 7) is 0.403. The molecule has 1 nitrogen and oxygen atoms in total. The Balaban J connectivity index is 1.90. The van der Waals surface area contributed by atoms with Gasteiger partial charge in [0.05, 0.1) is 0 Å². The molecule has 3 fully saturated rings. The molecule has 0 atom stereocenters. The van der Waals surface area contributed by atoms with Crippen molar-refractivity contribution in [2.45, 2.75) is 37.4 Å². The summed E-state index contributed by atoms with van der Waals surface area (Å²) in [4.78, 5) is 0. The number of aliphatic hydroxyl groups is 1. The predicted molar refractivity (Wildman–Crippen MR) is 46.3 cm³/mol. The Kier molecular flexibility index (Phi) is 0.840. The van der Waals surface area contributed by atoms with Crippen molar-refractivity contribution in [3.05, 3.63) is 0 Å². The molecule has 0 bridgehead atoms. The minimum absolute atomic E-state index is 0.403. The van der Waals surface area contributed by atoms with Crippen molar-refractivity contribution in [1.82, 2.24) is 0 Å². The van der Waals surface area contributed by atoms with Crippen LogP contribution in [0.5, 0.6) is 0 Å². The van der Waals surface area contributed by atoms with Crippen LogP contribution in [0.4, 0.5) is 0 Å². The topological polar surface area (TPSA) is 20.2 Å². The van der Waals surface area contributed by atoms with Gasteiger partial charge < -0.3 is 5.11 Å². The van der Waals surface area contributed by atoms with Crippen molar-refractivity contribution in [2.24, 2.45) is 10.8 Å². The van der Waals surface area contributed by atoms with E-state index in [2.05, 4.69) is 7.85 Å². The third-order valence-electron chi connectivity index (χ3n) is 5.08. The smallest absolute Gasteiger partial charge is 0.111 e. The molecule has 3 aliphatic rings. The van der Waals surface area contributed by atoms with Crippen LogP contribution >= 0.6 is 0 Å². The highest BCUT2D eigenvalue weighted by molar-refractivity contribution is 6.20. The van der Waals surface area contributed by atoms with Crippen LogP contribution in [0.3, 0.4) is 0 Å². The Bertz CT molecular complexity index is 198. The second kappa shape index (κ2) is 1.41. The Hall–Kier alpha value is 0.0249. The summed E-state index contributed by atoms with van der Waals surface area (Å²) in [7, 11) is 2.41. The standard InChI is InChI=1S/C9H15BO/c10-9(5-6-11)7(1-2-7)8(9)3-4-8/h11H,1-6,10H2. The van der Waals surface area contributed by atoms with Gasteiger partial charge in [-0.15, -0.1) is 0 Å². The van der Waals surface area contributed by atoms with E-state index in [1.54, 1.807) is 0 Å². The number of hydrogen-bond donors (Lipinski definition) is 1. The summed E-state index contributed by atoms with van der Waals surface area (Å²) in [5.74, 6) is 0. The van der Waals surface area contributed by atoms with Gasteiger partial charge in [0.25, 0.3) is 0 Å². The van der Waals surface area contributed by atoms with E-state index in [9.17, 15) is 0 Å². The molecular formula is C9H15BO.